The van der Waals surface area contributed by atoms with Crippen LogP contribution in [0.25, 0.3) is 10.8 Å². The molecular weight excluding hydrogens is 270 g/mol. The van der Waals surface area contributed by atoms with Crippen molar-refractivity contribution in [3.05, 3.63) is 77.9 Å². The van der Waals surface area contributed by atoms with Crippen LogP contribution in [-0.4, -0.2) is 13.7 Å². The smallest absolute Gasteiger partial charge is 0.118 e. The molecule has 22 heavy (non-hydrogen) atoms. The van der Waals surface area contributed by atoms with Crippen LogP contribution < -0.4 is 10.1 Å². The van der Waals surface area contributed by atoms with Gasteiger partial charge in [-0.25, -0.2) is 0 Å². The van der Waals surface area contributed by atoms with Crippen molar-refractivity contribution >= 4 is 10.8 Å². The maximum absolute atomic E-state index is 5.17. The molecule has 0 amide bonds. The third kappa shape index (κ3) is 3.66. The highest BCUT2D eigenvalue weighted by Crippen LogP contribution is 2.15. The Morgan fingerprint density at radius 2 is 1.55 bits per heavy atom. The van der Waals surface area contributed by atoms with Gasteiger partial charge < -0.3 is 10.1 Å². The predicted molar refractivity (Wildman–Crippen MR) is 92.4 cm³/mol. The van der Waals surface area contributed by atoms with E-state index in [0.29, 0.717) is 0 Å². The minimum absolute atomic E-state index is 0.904. The third-order valence-electron chi connectivity index (χ3n) is 3.89. The summed E-state index contributed by atoms with van der Waals surface area (Å²) in [5, 5.41) is 6.11. The van der Waals surface area contributed by atoms with E-state index in [1.807, 2.05) is 12.1 Å². The first-order valence-corrected chi connectivity index (χ1v) is 7.66. The van der Waals surface area contributed by atoms with Crippen molar-refractivity contribution in [3.8, 4) is 5.75 Å². The molecule has 1 N–H and O–H groups in total. The Labute approximate surface area is 131 Å². The van der Waals surface area contributed by atoms with Crippen molar-refractivity contribution in [2.75, 3.05) is 13.7 Å². The molecule has 0 atom stereocenters. The van der Waals surface area contributed by atoms with Gasteiger partial charge in [-0.05, 0) is 53.1 Å². The van der Waals surface area contributed by atoms with Gasteiger partial charge in [0.25, 0.3) is 0 Å². The molecule has 0 spiro atoms. The van der Waals surface area contributed by atoms with Crippen LogP contribution >= 0.6 is 0 Å². The molecule has 0 unspecified atom stereocenters. The number of rotatable bonds is 6. The van der Waals surface area contributed by atoms with E-state index in [-0.39, 0.29) is 0 Å². The minimum atomic E-state index is 0.904. The largest absolute Gasteiger partial charge is 0.497 e. The molecule has 0 aliphatic heterocycles. The van der Waals surface area contributed by atoms with E-state index in [0.717, 1.165) is 25.3 Å². The molecule has 2 nitrogen and oxygen atoms in total. The Kier molecular flexibility index (Phi) is 4.71. The van der Waals surface area contributed by atoms with Crippen LogP contribution in [0.1, 0.15) is 11.1 Å². The molecule has 3 aromatic rings. The van der Waals surface area contributed by atoms with Gasteiger partial charge in [0, 0.05) is 6.54 Å². The molecule has 0 aromatic heterocycles. The summed E-state index contributed by atoms with van der Waals surface area (Å²) in [4.78, 5) is 0. The number of ether oxygens (including phenoxy) is 1. The topological polar surface area (TPSA) is 21.3 Å². The Morgan fingerprint density at radius 1 is 0.818 bits per heavy atom. The normalized spacial score (nSPS) is 10.8. The summed E-state index contributed by atoms with van der Waals surface area (Å²) in [5.74, 6) is 0.910. The monoisotopic (exact) mass is 291 g/mol. The van der Waals surface area contributed by atoms with Gasteiger partial charge in [-0.3, -0.25) is 0 Å². The summed E-state index contributed by atoms with van der Waals surface area (Å²) < 4.78 is 5.17. The average Bonchev–Trinajstić information content (AvgIpc) is 2.59. The van der Waals surface area contributed by atoms with Crippen molar-refractivity contribution in [1.82, 2.24) is 5.32 Å². The molecule has 0 radical (unpaired) electrons. The lowest BCUT2D eigenvalue weighted by molar-refractivity contribution is 0.414. The standard InChI is InChI=1S/C20H21NO/c1-22-20-10-7-16(8-11-20)12-13-21-15-17-6-9-18-4-2-3-5-19(18)14-17/h2-11,14,21H,12-13,15H2,1H3. The van der Waals surface area contributed by atoms with Gasteiger partial charge in [0.15, 0.2) is 0 Å². The summed E-state index contributed by atoms with van der Waals surface area (Å²) in [6.07, 6.45) is 1.03. The van der Waals surface area contributed by atoms with Crippen LogP contribution in [0.2, 0.25) is 0 Å². The van der Waals surface area contributed by atoms with E-state index in [2.05, 4.69) is 59.9 Å². The lowest BCUT2D eigenvalue weighted by Crippen LogP contribution is -2.16. The molecular formula is C20H21NO. The Bertz CT molecular complexity index is 734. The fourth-order valence-corrected chi connectivity index (χ4v) is 2.61. The zero-order valence-corrected chi connectivity index (χ0v) is 12.9. The Hall–Kier alpha value is -2.32. The second kappa shape index (κ2) is 7.10. The molecule has 0 fully saturated rings. The highest BCUT2D eigenvalue weighted by Gasteiger charge is 1.97. The van der Waals surface area contributed by atoms with Crippen molar-refractivity contribution in [2.24, 2.45) is 0 Å². The predicted octanol–water partition coefficient (Wildman–Crippen LogP) is 4.18. The van der Waals surface area contributed by atoms with Gasteiger partial charge in [0.05, 0.1) is 7.11 Å². The van der Waals surface area contributed by atoms with E-state index in [1.165, 1.54) is 21.9 Å². The molecule has 0 saturated carbocycles. The van der Waals surface area contributed by atoms with E-state index < -0.39 is 0 Å². The summed E-state index contributed by atoms with van der Waals surface area (Å²) in [7, 11) is 1.69. The molecule has 0 aliphatic carbocycles. The zero-order valence-electron chi connectivity index (χ0n) is 12.9. The van der Waals surface area contributed by atoms with Crippen LogP contribution in [0.5, 0.6) is 5.75 Å². The van der Waals surface area contributed by atoms with Crippen molar-refractivity contribution in [2.45, 2.75) is 13.0 Å². The van der Waals surface area contributed by atoms with E-state index in [9.17, 15) is 0 Å². The summed E-state index contributed by atoms with van der Waals surface area (Å²) >= 11 is 0. The number of hydrogen-bond acceptors (Lipinski definition) is 2. The summed E-state index contributed by atoms with van der Waals surface area (Å²) in [5.41, 5.74) is 2.65. The molecule has 0 heterocycles. The Morgan fingerprint density at radius 3 is 2.32 bits per heavy atom. The fourth-order valence-electron chi connectivity index (χ4n) is 2.61. The average molecular weight is 291 g/mol. The molecule has 2 heteroatoms. The van der Waals surface area contributed by atoms with Gasteiger partial charge in [-0.2, -0.15) is 0 Å². The second-order valence-corrected chi connectivity index (χ2v) is 5.46. The van der Waals surface area contributed by atoms with Crippen LogP contribution in [-0.2, 0) is 13.0 Å². The van der Waals surface area contributed by atoms with Crippen LogP contribution in [0.4, 0.5) is 0 Å². The van der Waals surface area contributed by atoms with Crippen LogP contribution in [0.3, 0.4) is 0 Å². The summed E-state index contributed by atoms with van der Waals surface area (Å²) in [6.45, 7) is 1.88. The maximum atomic E-state index is 5.17. The molecule has 3 rings (SSSR count). The number of benzene rings is 3. The highest BCUT2D eigenvalue weighted by atomic mass is 16.5. The minimum Gasteiger partial charge on any atom is -0.497 e. The molecule has 112 valence electrons. The molecule has 0 bridgehead atoms. The zero-order chi connectivity index (χ0) is 15.2. The van der Waals surface area contributed by atoms with E-state index in [4.69, 9.17) is 4.74 Å². The second-order valence-electron chi connectivity index (χ2n) is 5.46. The van der Waals surface area contributed by atoms with Gasteiger partial charge >= 0.3 is 0 Å². The number of methoxy groups -OCH3 is 1. The van der Waals surface area contributed by atoms with Crippen LogP contribution in [0.15, 0.2) is 66.7 Å². The maximum Gasteiger partial charge on any atom is 0.118 e. The Balaban J connectivity index is 1.51. The first kappa shape index (κ1) is 14.6. The summed E-state index contributed by atoms with van der Waals surface area (Å²) in [6, 6.07) is 23.4. The first-order valence-electron chi connectivity index (χ1n) is 7.66. The number of hydrogen-bond donors (Lipinski definition) is 1. The lowest BCUT2D eigenvalue weighted by atomic mass is 10.1. The molecule has 3 aromatic carbocycles. The van der Waals surface area contributed by atoms with E-state index >= 15 is 0 Å². The van der Waals surface area contributed by atoms with Gasteiger partial charge in [0.1, 0.15) is 5.75 Å². The number of nitrogens with one attached hydrogen (secondary N) is 1. The van der Waals surface area contributed by atoms with Crippen molar-refractivity contribution in [3.63, 3.8) is 0 Å². The fraction of sp³-hybridized carbons (Fsp3) is 0.200. The van der Waals surface area contributed by atoms with Gasteiger partial charge in [-0.15, -0.1) is 0 Å². The SMILES string of the molecule is COc1ccc(CCNCc2ccc3ccccc3c2)cc1. The first-order chi connectivity index (χ1) is 10.8. The highest BCUT2D eigenvalue weighted by molar-refractivity contribution is 5.82. The van der Waals surface area contributed by atoms with Gasteiger partial charge in [0.2, 0.25) is 0 Å². The number of fused-ring (bicyclic) bond motifs is 1. The van der Waals surface area contributed by atoms with Gasteiger partial charge in [-0.1, -0.05) is 48.5 Å². The third-order valence-corrected chi connectivity index (χ3v) is 3.89. The van der Waals surface area contributed by atoms with Crippen molar-refractivity contribution < 1.29 is 4.74 Å². The molecule has 0 aliphatic rings. The molecule has 0 saturated heterocycles. The van der Waals surface area contributed by atoms with Crippen molar-refractivity contribution in [1.29, 1.82) is 0 Å². The van der Waals surface area contributed by atoms with E-state index in [1.54, 1.807) is 7.11 Å². The lowest BCUT2D eigenvalue weighted by Gasteiger charge is -2.07. The quantitative estimate of drug-likeness (QED) is 0.688. The van der Waals surface area contributed by atoms with Crippen LogP contribution in [0, 0.1) is 0 Å².